The van der Waals surface area contributed by atoms with Crippen molar-refractivity contribution in [3.63, 3.8) is 0 Å². The van der Waals surface area contributed by atoms with Crippen LogP contribution < -0.4 is 10.5 Å². The Balaban J connectivity index is 1.78. The fourth-order valence-electron chi connectivity index (χ4n) is 2.95. The van der Waals surface area contributed by atoms with Crippen LogP contribution in [0.2, 0.25) is 0 Å². The van der Waals surface area contributed by atoms with Gasteiger partial charge >= 0.3 is 0 Å². The van der Waals surface area contributed by atoms with E-state index in [2.05, 4.69) is 9.97 Å². The van der Waals surface area contributed by atoms with E-state index < -0.39 is 0 Å². The second-order valence-electron chi connectivity index (χ2n) is 5.84. The summed E-state index contributed by atoms with van der Waals surface area (Å²) in [5.41, 5.74) is 6.03. The van der Waals surface area contributed by atoms with Crippen molar-refractivity contribution in [1.82, 2.24) is 14.9 Å². The van der Waals surface area contributed by atoms with Crippen LogP contribution in [0.4, 0.5) is 4.39 Å². The Kier molecular flexibility index (Phi) is 5.00. The third-order valence-corrected chi connectivity index (χ3v) is 3.99. The Hall–Kier alpha value is -2.54. The first kappa shape index (κ1) is 16.3. The van der Waals surface area contributed by atoms with Crippen LogP contribution in [0.3, 0.4) is 0 Å². The summed E-state index contributed by atoms with van der Waals surface area (Å²) in [6, 6.07) is 5.77. The molecule has 7 heteroatoms. The van der Waals surface area contributed by atoms with Gasteiger partial charge in [-0.2, -0.15) is 0 Å². The molecule has 0 spiro atoms. The van der Waals surface area contributed by atoms with Gasteiger partial charge in [0.15, 0.2) is 0 Å². The molecule has 24 heavy (non-hydrogen) atoms. The summed E-state index contributed by atoms with van der Waals surface area (Å²) in [6.07, 6.45) is 5.07. The number of rotatable bonds is 5. The molecule has 1 aliphatic rings. The number of ether oxygens (including phenoxy) is 1. The summed E-state index contributed by atoms with van der Waals surface area (Å²) in [4.78, 5) is 21.9. The number of carbonyl (C=O) groups is 1. The van der Waals surface area contributed by atoms with Crippen molar-refractivity contribution in [3.05, 3.63) is 48.2 Å². The molecule has 1 aliphatic heterocycles. The van der Waals surface area contributed by atoms with Crippen molar-refractivity contribution < 1.29 is 13.9 Å². The van der Waals surface area contributed by atoms with E-state index in [1.54, 1.807) is 24.5 Å². The van der Waals surface area contributed by atoms with Gasteiger partial charge in [-0.3, -0.25) is 14.7 Å². The second-order valence-corrected chi connectivity index (χ2v) is 5.84. The normalized spacial score (nSPS) is 18.3. The third kappa shape index (κ3) is 4.05. The molecule has 1 saturated heterocycles. The highest BCUT2D eigenvalue weighted by Gasteiger charge is 2.26. The van der Waals surface area contributed by atoms with E-state index in [-0.39, 0.29) is 24.2 Å². The van der Waals surface area contributed by atoms with Gasteiger partial charge in [-0.15, -0.1) is 0 Å². The van der Waals surface area contributed by atoms with E-state index in [1.807, 2.05) is 4.90 Å². The van der Waals surface area contributed by atoms with Crippen LogP contribution in [0.5, 0.6) is 11.6 Å². The lowest BCUT2D eigenvalue weighted by Gasteiger charge is -2.31. The molecule has 0 saturated carbocycles. The van der Waals surface area contributed by atoms with E-state index >= 15 is 0 Å². The molecule has 6 nitrogen and oxygen atoms in total. The highest BCUT2D eigenvalue weighted by atomic mass is 19.1. The number of carbonyl (C=O) groups excluding carboxylic acids is 1. The molecule has 1 atom stereocenters. The summed E-state index contributed by atoms with van der Waals surface area (Å²) in [6.45, 7) is 1.76. The van der Waals surface area contributed by atoms with Crippen LogP contribution in [-0.2, 0) is 4.79 Å². The Labute approximate surface area is 139 Å². The number of aromatic nitrogens is 2. The topological polar surface area (TPSA) is 81.3 Å². The first-order valence-corrected chi connectivity index (χ1v) is 7.87. The molecule has 0 bridgehead atoms. The molecular formula is C17H19FN4O2. The molecule has 2 aromatic rings. The molecule has 2 heterocycles. The van der Waals surface area contributed by atoms with Crippen molar-refractivity contribution in [2.45, 2.75) is 18.8 Å². The molecule has 1 unspecified atom stereocenters. The first-order valence-electron chi connectivity index (χ1n) is 7.87. The maximum Gasteiger partial charge on any atom is 0.241 e. The Morgan fingerprint density at radius 3 is 2.79 bits per heavy atom. The quantitative estimate of drug-likeness (QED) is 0.907. The van der Waals surface area contributed by atoms with Crippen molar-refractivity contribution >= 4 is 5.91 Å². The summed E-state index contributed by atoms with van der Waals surface area (Å²) in [5, 5.41) is 0. The number of nitrogens with two attached hydrogens (primary N) is 1. The molecule has 1 amide bonds. The number of halogens is 1. The minimum atomic E-state index is -0.336. The molecule has 1 aromatic heterocycles. The number of hydrogen-bond acceptors (Lipinski definition) is 5. The van der Waals surface area contributed by atoms with E-state index in [9.17, 15) is 9.18 Å². The van der Waals surface area contributed by atoms with E-state index in [4.69, 9.17) is 10.5 Å². The van der Waals surface area contributed by atoms with Gasteiger partial charge in [0, 0.05) is 24.9 Å². The van der Waals surface area contributed by atoms with Crippen molar-refractivity contribution in [2.24, 2.45) is 5.73 Å². The van der Waals surface area contributed by atoms with Crippen molar-refractivity contribution in [1.29, 1.82) is 0 Å². The second kappa shape index (κ2) is 7.35. The number of hydrogen-bond donors (Lipinski definition) is 1. The SMILES string of the molecule is NC(=O)CN1CCCC(c2nccnc2Oc2ccc(F)cc2)C1. The van der Waals surface area contributed by atoms with E-state index in [0.29, 0.717) is 18.2 Å². The zero-order chi connectivity index (χ0) is 16.9. The zero-order valence-electron chi connectivity index (χ0n) is 13.2. The Morgan fingerprint density at radius 1 is 1.29 bits per heavy atom. The number of likely N-dealkylation sites (tertiary alicyclic amines) is 1. The molecule has 0 aliphatic carbocycles. The molecule has 1 aromatic carbocycles. The summed E-state index contributed by atoms with van der Waals surface area (Å²) in [5.74, 6) is 0.369. The first-order chi connectivity index (χ1) is 11.6. The number of piperidine rings is 1. The van der Waals surface area contributed by atoms with Crippen molar-refractivity contribution in [3.8, 4) is 11.6 Å². The molecule has 0 radical (unpaired) electrons. The van der Waals surface area contributed by atoms with Crippen LogP contribution >= 0.6 is 0 Å². The van der Waals surface area contributed by atoms with Gasteiger partial charge < -0.3 is 10.5 Å². The molecular weight excluding hydrogens is 311 g/mol. The van der Waals surface area contributed by atoms with Crippen LogP contribution in [0.1, 0.15) is 24.5 Å². The third-order valence-electron chi connectivity index (χ3n) is 3.99. The Bertz CT molecular complexity index is 708. The minimum absolute atomic E-state index is 0.113. The monoisotopic (exact) mass is 330 g/mol. The zero-order valence-corrected chi connectivity index (χ0v) is 13.2. The van der Waals surface area contributed by atoms with Gasteiger partial charge in [-0.05, 0) is 43.7 Å². The Morgan fingerprint density at radius 2 is 2.04 bits per heavy atom. The molecule has 3 rings (SSSR count). The fraction of sp³-hybridized carbons (Fsp3) is 0.353. The average molecular weight is 330 g/mol. The highest BCUT2D eigenvalue weighted by molar-refractivity contribution is 5.75. The van der Waals surface area contributed by atoms with Gasteiger partial charge in [-0.25, -0.2) is 9.37 Å². The van der Waals surface area contributed by atoms with E-state index in [1.165, 1.54) is 12.1 Å². The maximum absolute atomic E-state index is 13.0. The molecule has 2 N–H and O–H groups in total. The van der Waals surface area contributed by atoms with Crippen molar-refractivity contribution in [2.75, 3.05) is 19.6 Å². The fourth-order valence-corrected chi connectivity index (χ4v) is 2.95. The summed E-state index contributed by atoms with van der Waals surface area (Å²) in [7, 11) is 0. The number of amides is 1. The van der Waals surface area contributed by atoms with E-state index in [0.717, 1.165) is 25.1 Å². The smallest absolute Gasteiger partial charge is 0.241 e. The van der Waals surface area contributed by atoms with Gasteiger partial charge in [0.2, 0.25) is 11.8 Å². The van der Waals surface area contributed by atoms with Crippen LogP contribution in [0, 0.1) is 5.82 Å². The summed E-state index contributed by atoms with van der Waals surface area (Å²) >= 11 is 0. The van der Waals surface area contributed by atoms with Gasteiger partial charge in [0.05, 0.1) is 6.54 Å². The number of benzene rings is 1. The average Bonchev–Trinajstić information content (AvgIpc) is 2.57. The minimum Gasteiger partial charge on any atom is -0.437 e. The lowest BCUT2D eigenvalue weighted by Crippen LogP contribution is -2.40. The van der Waals surface area contributed by atoms with Gasteiger partial charge in [0.25, 0.3) is 0 Å². The number of nitrogens with zero attached hydrogens (tertiary/aromatic N) is 3. The lowest BCUT2D eigenvalue weighted by atomic mass is 9.94. The maximum atomic E-state index is 13.0. The standard InChI is InChI=1S/C17H19FN4O2/c18-13-3-5-14(6-4-13)24-17-16(20-7-8-21-17)12-2-1-9-22(10-12)11-15(19)23/h3-8,12H,1-2,9-11H2,(H2,19,23). The highest BCUT2D eigenvalue weighted by Crippen LogP contribution is 2.32. The molecule has 1 fully saturated rings. The van der Waals surface area contributed by atoms with Crippen LogP contribution in [-0.4, -0.2) is 40.4 Å². The van der Waals surface area contributed by atoms with Crippen LogP contribution in [0.25, 0.3) is 0 Å². The predicted octanol–water partition coefficient (Wildman–Crippen LogP) is 2.07. The number of primary amides is 1. The summed E-state index contributed by atoms with van der Waals surface area (Å²) < 4.78 is 18.8. The predicted molar refractivity (Wildman–Crippen MR) is 86.1 cm³/mol. The molecule has 126 valence electrons. The lowest BCUT2D eigenvalue weighted by molar-refractivity contribution is -0.119. The largest absolute Gasteiger partial charge is 0.437 e. The van der Waals surface area contributed by atoms with Gasteiger partial charge in [-0.1, -0.05) is 0 Å². The van der Waals surface area contributed by atoms with Crippen LogP contribution in [0.15, 0.2) is 36.7 Å². The van der Waals surface area contributed by atoms with Gasteiger partial charge in [0.1, 0.15) is 17.3 Å².